The third-order valence-corrected chi connectivity index (χ3v) is 3.32. The molecule has 0 fully saturated rings. The molecule has 0 spiro atoms. The highest BCUT2D eigenvalue weighted by molar-refractivity contribution is 9.09. The van der Waals surface area contributed by atoms with E-state index in [-0.39, 0.29) is 10.6 Å². The fourth-order valence-corrected chi connectivity index (χ4v) is 2.41. The molecule has 0 aliphatic carbocycles. The molecule has 0 aromatic heterocycles. The van der Waals surface area contributed by atoms with Crippen molar-refractivity contribution >= 4 is 15.9 Å². The second-order valence-corrected chi connectivity index (χ2v) is 4.78. The Kier molecular flexibility index (Phi) is 3.73. The number of hydrogen-bond acceptors (Lipinski definition) is 0. The van der Waals surface area contributed by atoms with Crippen molar-refractivity contribution in [1.29, 1.82) is 0 Å². The summed E-state index contributed by atoms with van der Waals surface area (Å²) in [7, 11) is 0. The average Bonchev–Trinajstić information content (AvgIpc) is 2.31. The minimum Gasteiger partial charge on any atom is -0.207 e. The van der Waals surface area contributed by atoms with Crippen LogP contribution in [0.25, 0.3) is 0 Å². The Morgan fingerprint density at radius 3 is 2.25 bits per heavy atom. The van der Waals surface area contributed by atoms with Crippen molar-refractivity contribution in [2.45, 2.75) is 11.2 Å². The molecule has 0 aliphatic heterocycles. The van der Waals surface area contributed by atoms with E-state index < -0.39 is 0 Å². The van der Waals surface area contributed by atoms with Crippen molar-refractivity contribution < 1.29 is 4.39 Å². The van der Waals surface area contributed by atoms with Crippen LogP contribution in [0.1, 0.15) is 16.0 Å². The van der Waals surface area contributed by atoms with Crippen molar-refractivity contribution in [1.82, 2.24) is 0 Å². The molecular weight excluding hydrogens is 267 g/mol. The quantitative estimate of drug-likeness (QED) is 0.725. The van der Waals surface area contributed by atoms with Gasteiger partial charge in [-0.3, -0.25) is 0 Å². The lowest BCUT2D eigenvalue weighted by Gasteiger charge is -2.11. The second-order valence-electron chi connectivity index (χ2n) is 3.68. The minimum absolute atomic E-state index is 0.0242. The molecule has 1 atom stereocenters. The molecule has 2 rings (SSSR count). The van der Waals surface area contributed by atoms with Gasteiger partial charge in [0.2, 0.25) is 0 Å². The van der Waals surface area contributed by atoms with Gasteiger partial charge in [0.05, 0.1) is 0 Å². The Morgan fingerprint density at radius 2 is 1.56 bits per heavy atom. The number of halogens is 2. The topological polar surface area (TPSA) is 0 Å². The summed E-state index contributed by atoms with van der Waals surface area (Å²) in [5, 5.41) is 0. The molecule has 2 aromatic rings. The first-order valence-electron chi connectivity index (χ1n) is 5.20. The van der Waals surface area contributed by atoms with Crippen LogP contribution in [-0.4, -0.2) is 0 Å². The summed E-state index contributed by atoms with van der Waals surface area (Å²) in [6.07, 6.45) is 0.793. The molecule has 0 saturated heterocycles. The van der Waals surface area contributed by atoms with Gasteiger partial charge in [0.25, 0.3) is 0 Å². The van der Waals surface area contributed by atoms with Crippen molar-refractivity contribution in [2.75, 3.05) is 0 Å². The number of benzene rings is 2. The zero-order chi connectivity index (χ0) is 11.4. The summed E-state index contributed by atoms with van der Waals surface area (Å²) in [5.74, 6) is -0.152. The summed E-state index contributed by atoms with van der Waals surface area (Å²) in [6, 6.07) is 17.0. The van der Waals surface area contributed by atoms with Crippen molar-refractivity contribution in [3.8, 4) is 0 Å². The maximum atomic E-state index is 13.5. The highest BCUT2D eigenvalue weighted by atomic mass is 79.9. The third kappa shape index (κ3) is 2.70. The fraction of sp³-hybridized carbons (Fsp3) is 0.143. The van der Waals surface area contributed by atoms with Gasteiger partial charge in [-0.1, -0.05) is 64.5 Å². The standard InChI is InChI=1S/C14H12BrF/c15-13(10-11-6-2-1-3-7-11)12-8-4-5-9-14(12)16/h1-9,13H,10H2. The van der Waals surface area contributed by atoms with Crippen LogP contribution in [0.2, 0.25) is 0 Å². The van der Waals surface area contributed by atoms with E-state index in [4.69, 9.17) is 0 Å². The maximum absolute atomic E-state index is 13.5. The van der Waals surface area contributed by atoms with Gasteiger partial charge in [-0.2, -0.15) is 0 Å². The Morgan fingerprint density at radius 1 is 0.938 bits per heavy atom. The highest BCUT2D eigenvalue weighted by Crippen LogP contribution is 2.28. The molecule has 1 unspecified atom stereocenters. The van der Waals surface area contributed by atoms with Gasteiger partial charge in [0, 0.05) is 10.4 Å². The van der Waals surface area contributed by atoms with Gasteiger partial charge in [-0.25, -0.2) is 4.39 Å². The molecule has 0 saturated carbocycles. The fourth-order valence-electron chi connectivity index (χ4n) is 1.66. The largest absolute Gasteiger partial charge is 0.207 e. The van der Waals surface area contributed by atoms with Crippen LogP contribution in [0.5, 0.6) is 0 Å². The molecule has 0 radical (unpaired) electrons. The summed E-state index contributed by atoms with van der Waals surface area (Å²) in [4.78, 5) is 0.0242. The Labute approximate surface area is 103 Å². The summed E-state index contributed by atoms with van der Waals surface area (Å²) < 4.78 is 13.5. The number of alkyl halides is 1. The van der Waals surface area contributed by atoms with Crippen molar-refractivity contribution in [3.05, 3.63) is 71.5 Å². The molecule has 0 N–H and O–H groups in total. The number of rotatable bonds is 3. The molecule has 2 aromatic carbocycles. The lowest BCUT2D eigenvalue weighted by Crippen LogP contribution is -1.98. The molecule has 0 amide bonds. The van der Waals surface area contributed by atoms with Gasteiger partial charge in [0.1, 0.15) is 5.82 Å². The SMILES string of the molecule is Fc1ccccc1C(Br)Cc1ccccc1. The maximum Gasteiger partial charge on any atom is 0.127 e. The second kappa shape index (κ2) is 5.26. The first kappa shape index (κ1) is 11.3. The Balaban J connectivity index is 2.15. The first-order chi connectivity index (χ1) is 7.77. The van der Waals surface area contributed by atoms with Crippen molar-refractivity contribution in [2.24, 2.45) is 0 Å². The predicted octanol–water partition coefficient (Wildman–Crippen LogP) is 4.50. The van der Waals surface area contributed by atoms with Crippen molar-refractivity contribution in [3.63, 3.8) is 0 Å². The van der Waals surface area contributed by atoms with Crippen LogP contribution >= 0.6 is 15.9 Å². The summed E-state index contributed by atoms with van der Waals surface area (Å²) in [6.45, 7) is 0. The molecule has 0 aliphatic rings. The van der Waals surface area contributed by atoms with Gasteiger partial charge < -0.3 is 0 Å². The van der Waals surface area contributed by atoms with Gasteiger partial charge in [-0.05, 0) is 18.1 Å². The zero-order valence-electron chi connectivity index (χ0n) is 8.74. The molecule has 2 heteroatoms. The van der Waals surface area contributed by atoms with Gasteiger partial charge in [-0.15, -0.1) is 0 Å². The molecule has 16 heavy (non-hydrogen) atoms. The van der Waals surface area contributed by atoms with E-state index >= 15 is 0 Å². The molecule has 0 bridgehead atoms. The first-order valence-corrected chi connectivity index (χ1v) is 6.11. The predicted molar refractivity (Wildman–Crippen MR) is 68.2 cm³/mol. The van der Waals surface area contributed by atoms with E-state index in [1.54, 1.807) is 6.07 Å². The summed E-state index contributed by atoms with van der Waals surface area (Å²) in [5.41, 5.74) is 1.92. The summed E-state index contributed by atoms with van der Waals surface area (Å²) >= 11 is 3.53. The normalized spacial score (nSPS) is 12.4. The highest BCUT2D eigenvalue weighted by Gasteiger charge is 2.12. The van der Waals surface area contributed by atoms with Crippen LogP contribution < -0.4 is 0 Å². The lowest BCUT2D eigenvalue weighted by atomic mass is 10.0. The van der Waals surface area contributed by atoms with E-state index in [0.29, 0.717) is 5.56 Å². The number of hydrogen-bond donors (Lipinski definition) is 0. The molecule has 82 valence electrons. The van der Waals surface area contributed by atoms with E-state index in [0.717, 1.165) is 6.42 Å². The minimum atomic E-state index is -0.152. The van der Waals surface area contributed by atoms with E-state index in [9.17, 15) is 4.39 Å². The zero-order valence-corrected chi connectivity index (χ0v) is 10.3. The lowest BCUT2D eigenvalue weighted by molar-refractivity contribution is 0.608. The Bertz CT molecular complexity index is 453. The monoisotopic (exact) mass is 278 g/mol. The average molecular weight is 279 g/mol. The molecular formula is C14H12BrF. The smallest absolute Gasteiger partial charge is 0.127 e. The van der Waals surface area contributed by atoms with Crippen LogP contribution in [-0.2, 0) is 6.42 Å². The third-order valence-electron chi connectivity index (χ3n) is 2.50. The van der Waals surface area contributed by atoms with Crippen LogP contribution in [0.4, 0.5) is 4.39 Å². The molecule has 0 heterocycles. The van der Waals surface area contributed by atoms with E-state index in [2.05, 4.69) is 28.1 Å². The van der Waals surface area contributed by atoms with Crippen LogP contribution in [0.3, 0.4) is 0 Å². The molecule has 0 nitrogen and oxygen atoms in total. The van der Waals surface area contributed by atoms with E-state index in [1.165, 1.54) is 11.6 Å². The van der Waals surface area contributed by atoms with E-state index in [1.807, 2.05) is 30.3 Å². The van der Waals surface area contributed by atoms with Gasteiger partial charge in [0.15, 0.2) is 0 Å². The Hall–Kier alpha value is -1.15. The van der Waals surface area contributed by atoms with Gasteiger partial charge >= 0.3 is 0 Å². The van der Waals surface area contributed by atoms with Crippen LogP contribution in [0.15, 0.2) is 54.6 Å². The van der Waals surface area contributed by atoms with Crippen LogP contribution in [0, 0.1) is 5.82 Å².